The van der Waals surface area contributed by atoms with E-state index in [1.165, 1.54) is 36.0 Å². The average molecular weight is 218 g/mol. The first kappa shape index (κ1) is 15.0. The van der Waals surface area contributed by atoms with Gasteiger partial charge in [-0.05, 0) is 46.1 Å². The van der Waals surface area contributed by atoms with Crippen LogP contribution in [0.3, 0.4) is 0 Å². The van der Waals surface area contributed by atoms with E-state index in [0.717, 1.165) is 0 Å². The predicted molar refractivity (Wildman–Crippen MR) is 75.6 cm³/mol. The van der Waals surface area contributed by atoms with E-state index in [0.29, 0.717) is 0 Å². The van der Waals surface area contributed by atoms with Crippen LogP contribution in [0.5, 0.6) is 0 Å². The molecule has 0 heterocycles. The minimum Gasteiger partial charge on any atom is -0.0871 e. The van der Waals surface area contributed by atoms with Crippen molar-refractivity contribution in [1.29, 1.82) is 0 Å². The van der Waals surface area contributed by atoms with E-state index in [4.69, 9.17) is 0 Å². The maximum Gasteiger partial charge on any atom is -0.0261 e. The molecule has 0 aliphatic carbocycles. The summed E-state index contributed by atoms with van der Waals surface area (Å²) in [5.74, 6) is 0. The molecule has 0 aliphatic rings. The standard InChI is InChI=1S/C16H26/c1-6-8-10-15(5)13-16(9-7-2)12-11-14(3)4/h7,9,11-13H,6,8,10H2,1-5H3/b9-7-,15-13-,16-12+. The number of allylic oxidation sites excluding steroid dienone is 8. The van der Waals surface area contributed by atoms with Crippen LogP contribution in [0.4, 0.5) is 0 Å². The predicted octanol–water partition coefficient (Wildman–Crippen LogP) is 5.59. The topological polar surface area (TPSA) is 0 Å². The van der Waals surface area contributed by atoms with E-state index in [2.05, 4.69) is 65.0 Å². The van der Waals surface area contributed by atoms with Crippen molar-refractivity contribution in [2.24, 2.45) is 0 Å². The molecule has 0 heteroatoms. The minimum atomic E-state index is 1.21. The number of hydrogen-bond acceptors (Lipinski definition) is 0. The second kappa shape index (κ2) is 9.21. The van der Waals surface area contributed by atoms with Crippen molar-refractivity contribution in [2.45, 2.75) is 53.9 Å². The van der Waals surface area contributed by atoms with Crippen LogP contribution in [0.1, 0.15) is 53.9 Å². The molecule has 0 bridgehead atoms. The van der Waals surface area contributed by atoms with Crippen LogP contribution in [0, 0.1) is 0 Å². The van der Waals surface area contributed by atoms with Crippen LogP contribution >= 0.6 is 0 Å². The lowest BCUT2D eigenvalue weighted by atomic mass is 10.1. The Morgan fingerprint density at radius 2 is 1.75 bits per heavy atom. The van der Waals surface area contributed by atoms with Gasteiger partial charge in [0.05, 0.1) is 0 Å². The van der Waals surface area contributed by atoms with Crippen LogP contribution in [-0.4, -0.2) is 0 Å². The van der Waals surface area contributed by atoms with Gasteiger partial charge in [0, 0.05) is 0 Å². The van der Waals surface area contributed by atoms with Gasteiger partial charge in [-0.3, -0.25) is 0 Å². The molecule has 16 heavy (non-hydrogen) atoms. The summed E-state index contributed by atoms with van der Waals surface area (Å²) >= 11 is 0. The third-order valence-electron chi connectivity index (χ3n) is 2.31. The highest BCUT2D eigenvalue weighted by Gasteiger charge is 1.91. The van der Waals surface area contributed by atoms with Gasteiger partial charge in [0.2, 0.25) is 0 Å². The molecule has 0 aromatic carbocycles. The number of hydrogen-bond donors (Lipinski definition) is 0. The van der Waals surface area contributed by atoms with Crippen molar-refractivity contribution in [3.05, 3.63) is 47.1 Å². The highest BCUT2D eigenvalue weighted by Crippen LogP contribution is 2.11. The Hall–Kier alpha value is -1.04. The second-order valence-electron chi connectivity index (χ2n) is 4.50. The first-order valence-electron chi connectivity index (χ1n) is 6.25. The summed E-state index contributed by atoms with van der Waals surface area (Å²) in [7, 11) is 0. The maximum atomic E-state index is 2.29. The molecule has 0 radical (unpaired) electrons. The fourth-order valence-corrected chi connectivity index (χ4v) is 1.42. The molecule has 0 saturated heterocycles. The van der Waals surface area contributed by atoms with Crippen molar-refractivity contribution in [2.75, 3.05) is 0 Å². The molecule has 0 saturated carbocycles. The van der Waals surface area contributed by atoms with Gasteiger partial charge in [-0.2, -0.15) is 0 Å². The first-order chi connectivity index (χ1) is 7.60. The van der Waals surface area contributed by atoms with Crippen LogP contribution in [0.2, 0.25) is 0 Å². The Kier molecular flexibility index (Phi) is 8.61. The molecule has 90 valence electrons. The van der Waals surface area contributed by atoms with Crippen molar-refractivity contribution < 1.29 is 0 Å². The van der Waals surface area contributed by atoms with Gasteiger partial charge in [0.1, 0.15) is 0 Å². The van der Waals surface area contributed by atoms with E-state index in [1.54, 1.807) is 0 Å². The molecule has 0 spiro atoms. The van der Waals surface area contributed by atoms with Crippen LogP contribution in [0.25, 0.3) is 0 Å². The van der Waals surface area contributed by atoms with Gasteiger partial charge in [-0.25, -0.2) is 0 Å². The summed E-state index contributed by atoms with van der Waals surface area (Å²) < 4.78 is 0. The van der Waals surface area contributed by atoms with Crippen molar-refractivity contribution in [3.8, 4) is 0 Å². The fourth-order valence-electron chi connectivity index (χ4n) is 1.42. The molecule has 0 N–H and O–H groups in total. The summed E-state index contributed by atoms with van der Waals surface area (Å²) in [6.45, 7) is 10.8. The van der Waals surface area contributed by atoms with E-state index in [1.807, 2.05) is 0 Å². The van der Waals surface area contributed by atoms with Crippen molar-refractivity contribution in [1.82, 2.24) is 0 Å². The Balaban J connectivity index is 4.67. The third kappa shape index (κ3) is 8.28. The molecule has 0 fully saturated rings. The van der Waals surface area contributed by atoms with Crippen molar-refractivity contribution in [3.63, 3.8) is 0 Å². The van der Waals surface area contributed by atoms with Gasteiger partial charge >= 0.3 is 0 Å². The zero-order chi connectivity index (χ0) is 12.4. The number of rotatable bonds is 6. The Morgan fingerprint density at radius 3 is 2.25 bits per heavy atom. The highest BCUT2D eigenvalue weighted by molar-refractivity contribution is 5.36. The van der Waals surface area contributed by atoms with Gasteiger partial charge in [0.15, 0.2) is 0 Å². The molecular weight excluding hydrogens is 192 g/mol. The molecule has 0 nitrogen and oxygen atoms in total. The van der Waals surface area contributed by atoms with Crippen LogP contribution in [-0.2, 0) is 0 Å². The third-order valence-corrected chi connectivity index (χ3v) is 2.31. The van der Waals surface area contributed by atoms with Gasteiger partial charge in [0.25, 0.3) is 0 Å². The van der Waals surface area contributed by atoms with Crippen LogP contribution in [0.15, 0.2) is 47.1 Å². The zero-order valence-electron chi connectivity index (χ0n) is 11.5. The SMILES string of the molecule is C\C=C/C(/C=C(/C)CCCC)=C\C=C(C)C. The fraction of sp³-hybridized carbons (Fsp3) is 0.500. The lowest BCUT2D eigenvalue weighted by Crippen LogP contribution is -1.80. The lowest BCUT2D eigenvalue weighted by Gasteiger charge is -2.00. The summed E-state index contributed by atoms with van der Waals surface area (Å²) in [6.07, 6.45) is 14.7. The zero-order valence-corrected chi connectivity index (χ0v) is 11.5. The monoisotopic (exact) mass is 218 g/mol. The maximum absolute atomic E-state index is 2.29. The van der Waals surface area contributed by atoms with Crippen LogP contribution < -0.4 is 0 Å². The molecule has 0 rings (SSSR count). The summed E-state index contributed by atoms with van der Waals surface area (Å²) in [6, 6.07) is 0. The smallest absolute Gasteiger partial charge is 0.0261 e. The summed E-state index contributed by atoms with van der Waals surface area (Å²) in [5, 5.41) is 0. The summed E-state index contributed by atoms with van der Waals surface area (Å²) in [4.78, 5) is 0. The van der Waals surface area contributed by atoms with Gasteiger partial charge in [-0.15, -0.1) is 0 Å². The largest absolute Gasteiger partial charge is 0.0871 e. The van der Waals surface area contributed by atoms with E-state index in [-0.39, 0.29) is 0 Å². The van der Waals surface area contributed by atoms with Crippen molar-refractivity contribution >= 4 is 0 Å². The summed E-state index contributed by atoms with van der Waals surface area (Å²) in [5.41, 5.74) is 4.09. The van der Waals surface area contributed by atoms with E-state index < -0.39 is 0 Å². The lowest BCUT2D eigenvalue weighted by molar-refractivity contribution is 0.787. The van der Waals surface area contributed by atoms with E-state index >= 15 is 0 Å². The quantitative estimate of drug-likeness (QED) is 0.510. The van der Waals surface area contributed by atoms with Gasteiger partial charge in [-0.1, -0.05) is 54.9 Å². The average Bonchev–Trinajstić information content (AvgIpc) is 2.23. The molecule has 0 atom stereocenters. The molecule has 0 aromatic rings. The molecular formula is C16H26. The molecule has 0 aromatic heterocycles. The Bertz CT molecular complexity index is 294. The Morgan fingerprint density at radius 1 is 1.06 bits per heavy atom. The normalized spacial score (nSPS) is 13.3. The molecule has 0 amide bonds. The minimum absolute atomic E-state index is 1.21. The Labute approximate surface area is 101 Å². The first-order valence-corrected chi connectivity index (χ1v) is 6.25. The second-order valence-corrected chi connectivity index (χ2v) is 4.50. The van der Waals surface area contributed by atoms with Gasteiger partial charge < -0.3 is 0 Å². The van der Waals surface area contributed by atoms with E-state index in [9.17, 15) is 0 Å². The highest BCUT2D eigenvalue weighted by atomic mass is 14.0. The number of unbranched alkanes of at least 4 members (excludes halogenated alkanes) is 1. The molecule has 0 unspecified atom stereocenters. The molecule has 0 aliphatic heterocycles.